The Morgan fingerprint density at radius 2 is 1.55 bits per heavy atom. The smallest absolute Gasteiger partial charge is 0.408 e. The van der Waals surface area contributed by atoms with Crippen molar-refractivity contribution in [2.24, 2.45) is 12.8 Å². The lowest BCUT2D eigenvalue weighted by molar-refractivity contribution is -0.136. The fourth-order valence-corrected chi connectivity index (χ4v) is 9.72. The van der Waals surface area contributed by atoms with E-state index in [2.05, 4.69) is 21.3 Å². The normalized spacial score (nSPS) is 18.1. The van der Waals surface area contributed by atoms with Gasteiger partial charge in [-0.1, -0.05) is 72.8 Å². The molecule has 0 saturated carbocycles. The van der Waals surface area contributed by atoms with E-state index in [1.165, 1.54) is 14.0 Å². The van der Waals surface area contributed by atoms with Crippen LogP contribution in [0.4, 0.5) is 10.5 Å². The molecule has 4 aromatic carbocycles. The van der Waals surface area contributed by atoms with Crippen molar-refractivity contribution < 1.29 is 43.0 Å². The first kappa shape index (κ1) is 49.7. The second-order valence-corrected chi connectivity index (χ2v) is 19.4. The van der Waals surface area contributed by atoms with E-state index < -0.39 is 71.4 Å². The zero-order valence-corrected chi connectivity index (χ0v) is 40.3. The van der Waals surface area contributed by atoms with Crippen LogP contribution in [-0.2, 0) is 59.8 Å². The number of nitrogens with two attached hydrogens (primary N) is 1. The molecule has 1 aromatic heterocycles. The number of nitrogens with one attached hydrogen (secondary N) is 4. The minimum absolute atomic E-state index is 0.102. The van der Waals surface area contributed by atoms with Crippen molar-refractivity contribution in [1.82, 2.24) is 30.4 Å². The van der Waals surface area contributed by atoms with E-state index in [0.717, 1.165) is 23.1 Å². The maximum absolute atomic E-state index is 14.7. The van der Waals surface area contributed by atoms with Crippen molar-refractivity contribution in [2.75, 3.05) is 11.5 Å². The molecule has 1 fully saturated rings. The fraction of sp³-hybridized carbons (Fsp3) is 0.396. The van der Waals surface area contributed by atoms with Gasteiger partial charge in [-0.3, -0.25) is 48.1 Å². The summed E-state index contributed by atoms with van der Waals surface area (Å²) in [6.07, 6.45) is 1.95. The Balaban J connectivity index is 0.995. The molecule has 3 aliphatic heterocycles. The number of amides is 7. The average Bonchev–Trinajstić information content (AvgIpc) is 3.79. The monoisotopic (exact) mass is 968 g/mol. The lowest BCUT2D eigenvalue weighted by Crippen LogP contribution is -2.57. The zero-order chi connectivity index (χ0) is 50.6. The summed E-state index contributed by atoms with van der Waals surface area (Å²) in [7, 11) is 1.66. The maximum atomic E-state index is 14.7. The maximum Gasteiger partial charge on any atom is 0.408 e. The van der Waals surface area contributed by atoms with Gasteiger partial charge in [0.15, 0.2) is 0 Å². The standard InChI is InChI=1S/C53H60N8O10/c1-53(2,3)71-51(68)56-37-21-20-35-42(70-28-12-11-13-31-18-23-38-40(29-31)59(4)52(69)60(38)39-24-27-44(63)57-48(39)65)25-19-34-30-41(61(46(34)35)50(37)67)49(66)55-36(22-26-43(54)62)47(64)58-45(32-14-7-5-8-15-32)33-16-9-6-10-17-33/h5-10,14-19,23,25,29,36-37,39,41,45H,11-13,20-22,24,26-28,30H2,1-4H3,(H2,54,62)(H,55,66)(H,56,68)(H,58,64)(H,57,63,65)/t36?,37-,39?,41-/m0/s1. The van der Waals surface area contributed by atoms with Gasteiger partial charge in [0.1, 0.15) is 35.5 Å². The minimum Gasteiger partial charge on any atom is -0.493 e. The van der Waals surface area contributed by atoms with E-state index in [4.69, 9.17) is 15.2 Å². The third-order valence-corrected chi connectivity index (χ3v) is 13.2. The summed E-state index contributed by atoms with van der Waals surface area (Å²) in [4.78, 5) is 108. The number of benzene rings is 4. The first-order valence-electron chi connectivity index (χ1n) is 24.1. The number of aryl methyl sites for hydroxylation is 2. The number of piperidine rings is 1. The lowest BCUT2D eigenvalue weighted by Gasteiger charge is -2.30. The van der Waals surface area contributed by atoms with Gasteiger partial charge in [0.2, 0.25) is 35.4 Å². The van der Waals surface area contributed by atoms with Crippen LogP contribution in [0.25, 0.3) is 11.0 Å². The molecule has 6 N–H and O–H groups in total. The largest absolute Gasteiger partial charge is 0.493 e. The van der Waals surface area contributed by atoms with Crippen molar-refractivity contribution in [1.29, 1.82) is 0 Å². The van der Waals surface area contributed by atoms with Crippen molar-refractivity contribution in [3.63, 3.8) is 0 Å². The predicted molar refractivity (Wildman–Crippen MR) is 263 cm³/mol. The first-order chi connectivity index (χ1) is 34.0. The van der Waals surface area contributed by atoms with Gasteiger partial charge in [0, 0.05) is 31.9 Å². The molecule has 0 spiro atoms. The van der Waals surface area contributed by atoms with Gasteiger partial charge in [-0.25, -0.2) is 9.59 Å². The number of aromatic nitrogens is 2. The first-order valence-corrected chi connectivity index (χ1v) is 24.1. The molecule has 1 saturated heterocycles. The molecular weight excluding hydrogens is 909 g/mol. The highest BCUT2D eigenvalue weighted by atomic mass is 16.6. The van der Waals surface area contributed by atoms with Crippen LogP contribution >= 0.6 is 0 Å². The number of hydrogen-bond acceptors (Lipinski definition) is 10. The molecule has 71 heavy (non-hydrogen) atoms. The Morgan fingerprint density at radius 3 is 2.21 bits per heavy atom. The van der Waals surface area contributed by atoms with E-state index in [9.17, 15) is 38.4 Å². The van der Waals surface area contributed by atoms with Crippen molar-refractivity contribution in [3.8, 4) is 5.75 Å². The number of carbonyl (C=O) groups is 7. The van der Waals surface area contributed by atoms with Crippen LogP contribution in [0.5, 0.6) is 5.75 Å². The summed E-state index contributed by atoms with van der Waals surface area (Å²) in [6.45, 7) is 5.46. The molecule has 7 amide bonds. The number of imidazole rings is 1. The SMILES string of the molecule is Cn1c(=O)n(C2CCC(=O)NC2=O)c2ccc(CCCCOc3ccc4c5c3CC[C@H](NC(=O)OC(C)(C)C)C(=O)N5[C@H](C(=O)NC(CCC(N)=O)C(=O)NC(c3ccccc3)c3ccccc3)C4)cc21. The Labute approximate surface area is 410 Å². The second kappa shape index (κ2) is 21.1. The van der Waals surface area contributed by atoms with Gasteiger partial charge in [-0.05, 0) is 106 Å². The molecule has 5 aromatic rings. The highest BCUT2D eigenvalue weighted by molar-refractivity contribution is 6.08. The van der Waals surface area contributed by atoms with Crippen molar-refractivity contribution >= 4 is 58.3 Å². The summed E-state index contributed by atoms with van der Waals surface area (Å²) in [6, 6.07) is 23.3. The molecule has 18 heteroatoms. The van der Waals surface area contributed by atoms with Gasteiger partial charge in [0.25, 0.3) is 0 Å². The van der Waals surface area contributed by atoms with Crippen LogP contribution < -0.4 is 42.3 Å². The molecule has 0 aliphatic carbocycles. The highest BCUT2D eigenvalue weighted by Gasteiger charge is 2.46. The Bertz CT molecular complexity index is 2890. The number of nitrogens with zero attached hydrogens (tertiary/aromatic N) is 3. The fourth-order valence-electron chi connectivity index (χ4n) is 9.72. The second-order valence-electron chi connectivity index (χ2n) is 19.4. The number of rotatable bonds is 17. The van der Waals surface area contributed by atoms with Gasteiger partial charge in [-0.2, -0.15) is 0 Å². The van der Waals surface area contributed by atoms with E-state index in [-0.39, 0.29) is 50.1 Å². The predicted octanol–water partition coefficient (Wildman–Crippen LogP) is 4.47. The van der Waals surface area contributed by atoms with Crippen LogP contribution in [0.3, 0.4) is 0 Å². The number of primary amides is 1. The number of imide groups is 1. The minimum atomic E-state index is -1.21. The van der Waals surface area contributed by atoms with E-state index in [1.807, 2.05) is 91.0 Å². The van der Waals surface area contributed by atoms with Crippen LogP contribution in [0.1, 0.15) is 106 Å². The number of unbranched alkanes of at least 4 members (excludes halogenated alkanes) is 1. The third-order valence-electron chi connectivity index (χ3n) is 13.2. The van der Waals surface area contributed by atoms with Crippen LogP contribution in [0, 0.1) is 0 Å². The third kappa shape index (κ3) is 11.2. The summed E-state index contributed by atoms with van der Waals surface area (Å²) in [5.74, 6) is -2.68. The number of ether oxygens (including phenoxy) is 2. The Morgan fingerprint density at radius 1 is 0.845 bits per heavy atom. The van der Waals surface area contributed by atoms with Crippen LogP contribution in [0.2, 0.25) is 0 Å². The molecular formula is C53H60N8O10. The Hall–Kier alpha value is -7.76. The number of alkyl carbamates (subject to hydrolysis) is 1. The molecule has 4 heterocycles. The molecule has 0 bridgehead atoms. The van der Waals surface area contributed by atoms with Gasteiger partial charge >= 0.3 is 11.8 Å². The van der Waals surface area contributed by atoms with Gasteiger partial charge < -0.3 is 31.2 Å². The van der Waals surface area contributed by atoms with Crippen molar-refractivity contribution in [3.05, 3.63) is 129 Å². The lowest BCUT2D eigenvalue weighted by atomic mass is 9.97. The van der Waals surface area contributed by atoms with E-state index in [0.29, 0.717) is 59.5 Å². The van der Waals surface area contributed by atoms with Crippen LogP contribution in [-0.4, -0.2) is 81.0 Å². The highest BCUT2D eigenvalue weighted by Crippen LogP contribution is 2.43. The molecule has 18 nitrogen and oxygen atoms in total. The molecule has 372 valence electrons. The number of anilines is 1. The topological polar surface area (TPSA) is 242 Å². The summed E-state index contributed by atoms with van der Waals surface area (Å²) in [5.41, 5.74) is 10.2. The summed E-state index contributed by atoms with van der Waals surface area (Å²) in [5, 5.41) is 11.0. The molecule has 8 rings (SSSR count). The van der Waals surface area contributed by atoms with E-state index in [1.54, 1.807) is 27.8 Å². The summed E-state index contributed by atoms with van der Waals surface area (Å²) >= 11 is 0. The van der Waals surface area contributed by atoms with Crippen molar-refractivity contribution in [2.45, 2.75) is 121 Å². The van der Waals surface area contributed by atoms with Crippen LogP contribution in [0.15, 0.2) is 95.8 Å². The summed E-state index contributed by atoms with van der Waals surface area (Å²) < 4.78 is 14.9. The molecule has 4 atom stereocenters. The molecule has 3 aliphatic rings. The van der Waals surface area contributed by atoms with E-state index >= 15 is 0 Å². The zero-order valence-electron chi connectivity index (χ0n) is 40.3. The molecule has 2 unspecified atom stereocenters. The van der Waals surface area contributed by atoms with Gasteiger partial charge in [-0.15, -0.1) is 0 Å². The van der Waals surface area contributed by atoms with Gasteiger partial charge in [0.05, 0.1) is 29.4 Å². The number of fused-ring (bicyclic) bond motifs is 1. The molecule has 0 radical (unpaired) electrons. The number of hydrogen-bond donors (Lipinski definition) is 5. The number of carbonyl (C=O) groups excluding carboxylic acids is 7. The quantitative estimate of drug-likeness (QED) is 0.0647. The Kier molecular flexibility index (Phi) is 14.7. The average molecular weight is 969 g/mol.